The summed E-state index contributed by atoms with van der Waals surface area (Å²) in [6.45, 7) is 3.04. The number of amides is 1. The van der Waals surface area contributed by atoms with E-state index in [-0.39, 0.29) is 5.91 Å². The van der Waals surface area contributed by atoms with Crippen molar-refractivity contribution in [2.45, 2.75) is 13.3 Å². The predicted octanol–water partition coefficient (Wildman–Crippen LogP) is 5.32. The van der Waals surface area contributed by atoms with E-state index in [1.165, 1.54) is 0 Å². The first-order valence-electron chi connectivity index (χ1n) is 9.33. The lowest BCUT2D eigenvalue weighted by Crippen LogP contribution is -2.17. The summed E-state index contributed by atoms with van der Waals surface area (Å²) in [6, 6.07) is 24.6. The molecule has 0 aliphatic rings. The van der Waals surface area contributed by atoms with Crippen LogP contribution in [0.3, 0.4) is 0 Å². The summed E-state index contributed by atoms with van der Waals surface area (Å²) >= 11 is 0. The number of nitrogens with one attached hydrogen (secondary N) is 2. The highest BCUT2D eigenvalue weighted by Crippen LogP contribution is 2.29. The standard InChI is InChI=1S/C23H24N2O3/c1-2-27-21-14-8-6-12-19(21)24-17-16-23(26)25-20-13-7-9-15-22(20)28-18-10-4-3-5-11-18/h3-15,24H,2,16-17H2,1H3,(H,25,26). The Morgan fingerprint density at radius 2 is 1.46 bits per heavy atom. The fourth-order valence-corrected chi connectivity index (χ4v) is 2.69. The zero-order valence-electron chi connectivity index (χ0n) is 15.9. The molecular formula is C23H24N2O3. The van der Waals surface area contributed by atoms with Crippen LogP contribution >= 0.6 is 0 Å². The second kappa shape index (κ2) is 10.0. The zero-order chi connectivity index (χ0) is 19.6. The quantitative estimate of drug-likeness (QED) is 0.531. The molecule has 0 fully saturated rings. The Kier molecular flexibility index (Phi) is 6.90. The molecule has 0 aliphatic heterocycles. The predicted molar refractivity (Wildman–Crippen MR) is 112 cm³/mol. The van der Waals surface area contributed by atoms with Crippen LogP contribution in [0, 0.1) is 0 Å². The maximum absolute atomic E-state index is 12.4. The fraction of sp³-hybridized carbons (Fsp3) is 0.174. The Bertz CT molecular complexity index is 897. The third-order valence-electron chi connectivity index (χ3n) is 3.99. The van der Waals surface area contributed by atoms with Crippen LogP contribution in [0.25, 0.3) is 0 Å². The van der Waals surface area contributed by atoms with Gasteiger partial charge in [-0.3, -0.25) is 4.79 Å². The van der Waals surface area contributed by atoms with Crippen LogP contribution in [0.5, 0.6) is 17.2 Å². The summed E-state index contributed by atoms with van der Waals surface area (Å²) in [5.41, 5.74) is 1.52. The van der Waals surface area contributed by atoms with Gasteiger partial charge in [0.2, 0.25) is 5.91 Å². The lowest BCUT2D eigenvalue weighted by atomic mass is 10.2. The molecule has 2 N–H and O–H groups in total. The third kappa shape index (κ3) is 5.51. The molecule has 0 unspecified atom stereocenters. The van der Waals surface area contributed by atoms with E-state index < -0.39 is 0 Å². The minimum Gasteiger partial charge on any atom is -0.492 e. The number of carbonyl (C=O) groups is 1. The lowest BCUT2D eigenvalue weighted by molar-refractivity contribution is -0.116. The Balaban J connectivity index is 1.56. The summed E-state index contributed by atoms with van der Waals surface area (Å²) in [5.74, 6) is 2.02. The van der Waals surface area contributed by atoms with E-state index in [0.29, 0.717) is 31.0 Å². The summed E-state index contributed by atoms with van der Waals surface area (Å²) in [5, 5.41) is 6.17. The van der Waals surface area contributed by atoms with Crippen molar-refractivity contribution in [3.8, 4) is 17.2 Å². The average molecular weight is 376 g/mol. The van der Waals surface area contributed by atoms with Crippen molar-refractivity contribution in [3.05, 3.63) is 78.9 Å². The van der Waals surface area contributed by atoms with Gasteiger partial charge in [-0.15, -0.1) is 0 Å². The molecule has 0 aromatic heterocycles. The molecular weight excluding hydrogens is 352 g/mol. The topological polar surface area (TPSA) is 59.6 Å². The first kappa shape index (κ1) is 19.3. The van der Waals surface area contributed by atoms with E-state index in [1.54, 1.807) is 0 Å². The molecule has 5 heteroatoms. The average Bonchev–Trinajstić information content (AvgIpc) is 2.72. The molecule has 3 aromatic rings. The highest BCUT2D eigenvalue weighted by Gasteiger charge is 2.09. The number of hydrogen-bond donors (Lipinski definition) is 2. The van der Waals surface area contributed by atoms with Gasteiger partial charge in [0.15, 0.2) is 5.75 Å². The van der Waals surface area contributed by atoms with Crippen LogP contribution in [0.1, 0.15) is 13.3 Å². The molecule has 28 heavy (non-hydrogen) atoms. The van der Waals surface area contributed by atoms with Gasteiger partial charge in [-0.05, 0) is 43.3 Å². The molecule has 0 spiro atoms. The van der Waals surface area contributed by atoms with Gasteiger partial charge in [-0.2, -0.15) is 0 Å². The van der Waals surface area contributed by atoms with Gasteiger partial charge in [0.1, 0.15) is 11.5 Å². The molecule has 0 saturated heterocycles. The number of anilines is 2. The molecule has 0 atom stereocenters. The largest absolute Gasteiger partial charge is 0.492 e. The van der Waals surface area contributed by atoms with E-state index in [4.69, 9.17) is 9.47 Å². The van der Waals surface area contributed by atoms with E-state index in [1.807, 2.05) is 85.8 Å². The van der Waals surface area contributed by atoms with Crippen LogP contribution < -0.4 is 20.1 Å². The van der Waals surface area contributed by atoms with Crippen molar-refractivity contribution in [3.63, 3.8) is 0 Å². The summed E-state index contributed by atoms with van der Waals surface area (Å²) in [7, 11) is 0. The van der Waals surface area contributed by atoms with Crippen LogP contribution in [-0.4, -0.2) is 19.1 Å². The van der Waals surface area contributed by atoms with Gasteiger partial charge >= 0.3 is 0 Å². The number of benzene rings is 3. The van der Waals surface area contributed by atoms with E-state index in [9.17, 15) is 4.79 Å². The molecule has 3 rings (SSSR count). The number of hydrogen-bond acceptors (Lipinski definition) is 4. The van der Waals surface area contributed by atoms with Crippen molar-refractivity contribution >= 4 is 17.3 Å². The third-order valence-corrected chi connectivity index (χ3v) is 3.99. The van der Waals surface area contributed by atoms with Crippen molar-refractivity contribution in [2.75, 3.05) is 23.8 Å². The highest BCUT2D eigenvalue weighted by atomic mass is 16.5. The van der Waals surface area contributed by atoms with Crippen molar-refractivity contribution in [1.82, 2.24) is 0 Å². The van der Waals surface area contributed by atoms with Crippen LogP contribution in [0.4, 0.5) is 11.4 Å². The monoisotopic (exact) mass is 376 g/mol. The maximum Gasteiger partial charge on any atom is 0.226 e. The van der Waals surface area contributed by atoms with Gasteiger partial charge in [-0.25, -0.2) is 0 Å². The van der Waals surface area contributed by atoms with Crippen LogP contribution in [0.2, 0.25) is 0 Å². The molecule has 144 valence electrons. The molecule has 0 radical (unpaired) electrons. The zero-order valence-corrected chi connectivity index (χ0v) is 15.9. The minimum absolute atomic E-state index is 0.0921. The second-order valence-electron chi connectivity index (χ2n) is 6.07. The molecule has 0 saturated carbocycles. The number of carbonyl (C=O) groups excluding carboxylic acids is 1. The Morgan fingerprint density at radius 3 is 2.21 bits per heavy atom. The second-order valence-corrected chi connectivity index (χ2v) is 6.07. The van der Waals surface area contributed by atoms with Crippen LogP contribution in [0.15, 0.2) is 78.9 Å². The van der Waals surface area contributed by atoms with Gasteiger partial charge in [0, 0.05) is 13.0 Å². The minimum atomic E-state index is -0.0921. The molecule has 1 amide bonds. The number of para-hydroxylation sites is 5. The Hall–Kier alpha value is -3.47. The first-order valence-corrected chi connectivity index (χ1v) is 9.33. The Morgan fingerprint density at radius 1 is 0.821 bits per heavy atom. The Labute approximate surface area is 165 Å². The SMILES string of the molecule is CCOc1ccccc1NCCC(=O)Nc1ccccc1Oc1ccccc1. The normalized spacial score (nSPS) is 10.2. The van der Waals surface area contributed by atoms with Crippen molar-refractivity contribution in [1.29, 1.82) is 0 Å². The van der Waals surface area contributed by atoms with E-state index in [0.717, 1.165) is 17.2 Å². The van der Waals surface area contributed by atoms with Gasteiger partial charge in [-0.1, -0.05) is 42.5 Å². The van der Waals surface area contributed by atoms with Crippen molar-refractivity contribution < 1.29 is 14.3 Å². The molecule has 3 aromatic carbocycles. The van der Waals surface area contributed by atoms with E-state index >= 15 is 0 Å². The summed E-state index contributed by atoms with van der Waals surface area (Å²) in [4.78, 5) is 12.4. The smallest absolute Gasteiger partial charge is 0.226 e. The molecule has 5 nitrogen and oxygen atoms in total. The molecule has 0 heterocycles. The lowest BCUT2D eigenvalue weighted by Gasteiger charge is -2.13. The van der Waals surface area contributed by atoms with E-state index in [2.05, 4.69) is 10.6 Å². The van der Waals surface area contributed by atoms with Gasteiger partial charge in [0.05, 0.1) is 18.0 Å². The van der Waals surface area contributed by atoms with Gasteiger partial charge in [0.25, 0.3) is 0 Å². The van der Waals surface area contributed by atoms with Crippen LogP contribution in [-0.2, 0) is 4.79 Å². The molecule has 0 aliphatic carbocycles. The number of ether oxygens (including phenoxy) is 2. The van der Waals surface area contributed by atoms with Gasteiger partial charge < -0.3 is 20.1 Å². The number of rotatable bonds is 9. The first-order chi connectivity index (χ1) is 13.8. The molecule has 0 bridgehead atoms. The highest BCUT2D eigenvalue weighted by molar-refractivity contribution is 5.92. The fourth-order valence-electron chi connectivity index (χ4n) is 2.69. The summed E-state index contributed by atoms with van der Waals surface area (Å²) in [6.07, 6.45) is 0.320. The van der Waals surface area contributed by atoms with Crippen molar-refractivity contribution in [2.24, 2.45) is 0 Å². The summed E-state index contributed by atoms with van der Waals surface area (Å²) < 4.78 is 11.5. The maximum atomic E-state index is 12.4.